The van der Waals surface area contributed by atoms with Gasteiger partial charge in [-0.15, -0.1) is 0 Å². The molecular formula is C16H17IN2O. The predicted octanol–water partition coefficient (Wildman–Crippen LogP) is 4.23. The van der Waals surface area contributed by atoms with E-state index >= 15 is 0 Å². The molecule has 3 nitrogen and oxygen atoms in total. The second kappa shape index (κ2) is 6.74. The number of hydrogen-bond acceptors (Lipinski definition) is 1. The Hall–Kier alpha value is -1.56. The molecule has 0 saturated heterocycles. The van der Waals surface area contributed by atoms with Crippen LogP contribution >= 0.6 is 22.6 Å². The maximum absolute atomic E-state index is 11.9. The van der Waals surface area contributed by atoms with Crippen LogP contribution in [0.15, 0.2) is 42.5 Å². The van der Waals surface area contributed by atoms with Crippen LogP contribution in [0.25, 0.3) is 0 Å². The van der Waals surface area contributed by atoms with Crippen LogP contribution in [0.2, 0.25) is 0 Å². The first-order chi connectivity index (χ1) is 9.54. The van der Waals surface area contributed by atoms with E-state index in [1.165, 1.54) is 5.56 Å². The largest absolute Gasteiger partial charge is 0.334 e. The Bertz CT molecular complexity index is 608. The van der Waals surface area contributed by atoms with Crippen molar-refractivity contribution in [3.8, 4) is 0 Å². The first kappa shape index (κ1) is 14.8. The van der Waals surface area contributed by atoms with Crippen LogP contribution in [0.4, 0.5) is 10.5 Å². The number of nitrogens with one attached hydrogen (secondary N) is 2. The number of halogens is 1. The molecule has 0 atom stereocenters. The summed E-state index contributed by atoms with van der Waals surface area (Å²) in [6, 6.07) is 13.9. The predicted molar refractivity (Wildman–Crippen MR) is 90.9 cm³/mol. The number of amides is 2. The lowest BCUT2D eigenvalue weighted by atomic mass is 10.1. The van der Waals surface area contributed by atoms with Crippen LogP contribution in [-0.4, -0.2) is 6.03 Å². The standard InChI is InChI=1S/C16H17IN2O/c1-11-3-5-13(6-4-11)10-18-16(20)19-15-8-7-14(17)9-12(15)2/h3-9H,10H2,1-2H3,(H2,18,19,20). The smallest absolute Gasteiger partial charge is 0.319 e. The minimum atomic E-state index is -0.185. The monoisotopic (exact) mass is 380 g/mol. The van der Waals surface area contributed by atoms with Gasteiger partial charge >= 0.3 is 6.03 Å². The van der Waals surface area contributed by atoms with Crippen LogP contribution in [0, 0.1) is 17.4 Å². The van der Waals surface area contributed by atoms with Gasteiger partial charge in [0.25, 0.3) is 0 Å². The summed E-state index contributed by atoms with van der Waals surface area (Å²) in [5.74, 6) is 0. The highest BCUT2D eigenvalue weighted by atomic mass is 127. The lowest BCUT2D eigenvalue weighted by Gasteiger charge is -2.10. The number of hydrogen-bond donors (Lipinski definition) is 2. The van der Waals surface area contributed by atoms with Gasteiger partial charge in [0.05, 0.1) is 0 Å². The Morgan fingerprint density at radius 3 is 2.45 bits per heavy atom. The average Bonchev–Trinajstić information content (AvgIpc) is 2.41. The summed E-state index contributed by atoms with van der Waals surface area (Å²) in [7, 11) is 0. The van der Waals surface area contributed by atoms with Crippen molar-refractivity contribution in [2.45, 2.75) is 20.4 Å². The average molecular weight is 380 g/mol. The third-order valence-corrected chi connectivity index (χ3v) is 3.68. The summed E-state index contributed by atoms with van der Waals surface area (Å²) in [5, 5.41) is 5.72. The van der Waals surface area contributed by atoms with Crippen molar-refractivity contribution in [3.05, 3.63) is 62.7 Å². The van der Waals surface area contributed by atoms with Gasteiger partial charge in [0.2, 0.25) is 0 Å². The summed E-state index contributed by atoms with van der Waals surface area (Å²) in [4.78, 5) is 11.9. The fourth-order valence-electron chi connectivity index (χ4n) is 1.82. The van der Waals surface area contributed by atoms with Crippen molar-refractivity contribution in [1.29, 1.82) is 0 Å². The Morgan fingerprint density at radius 1 is 1.10 bits per heavy atom. The van der Waals surface area contributed by atoms with Gasteiger partial charge in [-0.25, -0.2) is 4.79 Å². The van der Waals surface area contributed by atoms with Crippen molar-refractivity contribution in [3.63, 3.8) is 0 Å². The fraction of sp³-hybridized carbons (Fsp3) is 0.188. The molecule has 2 aromatic carbocycles. The number of urea groups is 1. The summed E-state index contributed by atoms with van der Waals surface area (Å²) in [6.45, 7) is 4.55. The molecule has 0 radical (unpaired) electrons. The van der Waals surface area contributed by atoms with Crippen molar-refractivity contribution in [2.75, 3.05) is 5.32 Å². The molecule has 104 valence electrons. The highest BCUT2D eigenvalue weighted by Gasteiger charge is 2.04. The SMILES string of the molecule is Cc1ccc(CNC(=O)Nc2ccc(I)cc2C)cc1. The van der Waals surface area contributed by atoms with Crippen LogP contribution in [-0.2, 0) is 6.54 Å². The van der Waals surface area contributed by atoms with Crippen LogP contribution in [0.3, 0.4) is 0 Å². The van der Waals surface area contributed by atoms with Crippen LogP contribution in [0.5, 0.6) is 0 Å². The van der Waals surface area contributed by atoms with Crippen molar-refractivity contribution >= 4 is 34.3 Å². The van der Waals surface area contributed by atoms with Gasteiger partial charge in [0, 0.05) is 15.8 Å². The number of benzene rings is 2. The molecule has 2 amide bonds. The Labute approximate surface area is 132 Å². The fourth-order valence-corrected chi connectivity index (χ4v) is 2.47. The second-order valence-electron chi connectivity index (χ2n) is 4.75. The molecule has 2 rings (SSSR count). The van der Waals surface area contributed by atoms with Gasteiger partial charge in [-0.05, 0) is 65.8 Å². The molecule has 4 heteroatoms. The normalized spacial score (nSPS) is 10.2. The second-order valence-corrected chi connectivity index (χ2v) is 6.00. The zero-order valence-corrected chi connectivity index (χ0v) is 13.7. The van der Waals surface area contributed by atoms with Gasteiger partial charge in [-0.3, -0.25) is 0 Å². The molecule has 2 N–H and O–H groups in total. The van der Waals surface area contributed by atoms with Crippen LogP contribution in [0.1, 0.15) is 16.7 Å². The Kier molecular flexibility index (Phi) is 5.00. The van der Waals surface area contributed by atoms with E-state index in [1.54, 1.807) is 0 Å². The number of aryl methyl sites for hydroxylation is 2. The van der Waals surface area contributed by atoms with E-state index in [0.29, 0.717) is 6.54 Å². The molecule has 0 aliphatic rings. The molecule has 0 spiro atoms. The summed E-state index contributed by atoms with van der Waals surface area (Å²) in [5.41, 5.74) is 4.20. The zero-order chi connectivity index (χ0) is 14.5. The van der Waals surface area contributed by atoms with E-state index in [2.05, 4.69) is 33.2 Å². The maximum Gasteiger partial charge on any atom is 0.319 e. The summed E-state index contributed by atoms with van der Waals surface area (Å²) >= 11 is 2.25. The number of carbonyl (C=O) groups is 1. The highest BCUT2D eigenvalue weighted by Crippen LogP contribution is 2.17. The molecule has 0 aliphatic carbocycles. The quantitative estimate of drug-likeness (QED) is 0.769. The van der Waals surface area contributed by atoms with Crippen LogP contribution < -0.4 is 10.6 Å². The first-order valence-electron chi connectivity index (χ1n) is 6.41. The number of carbonyl (C=O) groups excluding carboxylic acids is 1. The van der Waals surface area contributed by atoms with E-state index in [-0.39, 0.29) is 6.03 Å². The topological polar surface area (TPSA) is 41.1 Å². The molecule has 0 aromatic heterocycles. The first-order valence-corrected chi connectivity index (χ1v) is 7.49. The maximum atomic E-state index is 11.9. The molecule has 20 heavy (non-hydrogen) atoms. The van der Waals surface area contributed by atoms with E-state index in [1.807, 2.05) is 56.3 Å². The molecule has 0 bridgehead atoms. The summed E-state index contributed by atoms with van der Waals surface area (Å²) in [6.07, 6.45) is 0. The zero-order valence-electron chi connectivity index (χ0n) is 11.5. The Balaban J connectivity index is 1.90. The van der Waals surface area contributed by atoms with Gasteiger partial charge < -0.3 is 10.6 Å². The van der Waals surface area contributed by atoms with Crippen molar-refractivity contribution in [2.24, 2.45) is 0 Å². The van der Waals surface area contributed by atoms with E-state index in [9.17, 15) is 4.79 Å². The lowest BCUT2D eigenvalue weighted by molar-refractivity contribution is 0.251. The van der Waals surface area contributed by atoms with Gasteiger partial charge in [0.15, 0.2) is 0 Å². The minimum Gasteiger partial charge on any atom is -0.334 e. The number of rotatable bonds is 3. The molecule has 0 unspecified atom stereocenters. The van der Waals surface area contributed by atoms with Gasteiger partial charge in [-0.2, -0.15) is 0 Å². The van der Waals surface area contributed by atoms with E-state index in [4.69, 9.17) is 0 Å². The molecular weight excluding hydrogens is 363 g/mol. The third-order valence-electron chi connectivity index (χ3n) is 3.01. The Morgan fingerprint density at radius 2 is 1.80 bits per heavy atom. The van der Waals surface area contributed by atoms with Gasteiger partial charge in [-0.1, -0.05) is 29.8 Å². The lowest BCUT2D eigenvalue weighted by Crippen LogP contribution is -2.28. The molecule has 0 aliphatic heterocycles. The molecule has 0 fully saturated rings. The molecule has 2 aromatic rings. The highest BCUT2D eigenvalue weighted by molar-refractivity contribution is 14.1. The molecule has 0 saturated carbocycles. The van der Waals surface area contributed by atoms with E-state index < -0.39 is 0 Å². The third kappa shape index (κ3) is 4.23. The van der Waals surface area contributed by atoms with Crippen molar-refractivity contribution in [1.82, 2.24) is 5.32 Å². The van der Waals surface area contributed by atoms with Gasteiger partial charge in [0.1, 0.15) is 0 Å². The summed E-state index contributed by atoms with van der Waals surface area (Å²) < 4.78 is 1.16. The van der Waals surface area contributed by atoms with E-state index in [0.717, 1.165) is 20.4 Å². The van der Waals surface area contributed by atoms with Crippen molar-refractivity contribution < 1.29 is 4.79 Å². The molecule has 0 heterocycles. The number of anilines is 1. The minimum absolute atomic E-state index is 0.185.